The van der Waals surface area contributed by atoms with Crippen molar-refractivity contribution in [3.05, 3.63) is 0 Å². The van der Waals surface area contributed by atoms with Gasteiger partial charge in [0.15, 0.2) is 6.29 Å². The van der Waals surface area contributed by atoms with Crippen molar-refractivity contribution < 1.29 is 23.8 Å². The molecule has 0 N–H and O–H groups in total. The average Bonchev–Trinajstić information content (AvgIpc) is 1.98. The molecule has 0 saturated heterocycles. The molecule has 0 heterocycles. The zero-order valence-electron chi connectivity index (χ0n) is 7.11. The summed E-state index contributed by atoms with van der Waals surface area (Å²) in [6.45, 7) is 3.57. The Morgan fingerprint density at radius 3 is 2.67 bits per heavy atom. The predicted octanol–water partition coefficient (Wildman–Crippen LogP) is 0.0851. The molecular formula is C7H12O5. The molecule has 0 rings (SSSR count). The molecule has 0 aliphatic carbocycles. The van der Waals surface area contributed by atoms with Crippen LogP contribution >= 0.6 is 0 Å². The van der Waals surface area contributed by atoms with E-state index in [-0.39, 0.29) is 19.2 Å². The molecule has 0 amide bonds. The first-order chi connectivity index (χ1) is 5.66. The van der Waals surface area contributed by atoms with Crippen molar-refractivity contribution in [1.29, 1.82) is 0 Å². The number of carbonyl (C=O) groups is 2. The Morgan fingerprint density at radius 2 is 2.17 bits per heavy atom. The van der Waals surface area contributed by atoms with Gasteiger partial charge in [0.25, 0.3) is 6.47 Å². The Hall–Kier alpha value is -1.10. The van der Waals surface area contributed by atoms with Crippen LogP contribution in [0.4, 0.5) is 0 Å². The summed E-state index contributed by atoms with van der Waals surface area (Å²) in [6.07, 6.45) is -0.599. The lowest BCUT2D eigenvalue weighted by molar-refractivity contribution is -0.165. The molecule has 0 aromatic heterocycles. The van der Waals surface area contributed by atoms with Crippen molar-refractivity contribution in [2.45, 2.75) is 20.1 Å². The second kappa shape index (κ2) is 6.60. The molecule has 0 aliphatic rings. The third-order valence-electron chi connectivity index (χ3n) is 0.988. The third kappa shape index (κ3) is 7.01. The number of esters is 1. The maximum absolute atomic E-state index is 10.2. The Kier molecular flexibility index (Phi) is 6.00. The standard InChI is InChI=1S/C7H12O5/c1-6(9)10-3-4-11-7(2)12-5-8/h5,7H,3-4H2,1-2H3. The normalized spacial score (nSPS) is 11.8. The fourth-order valence-electron chi connectivity index (χ4n) is 0.517. The first-order valence-electron chi connectivity index (χ1n) is 3.51. The van der Waals surface area contributed by atoms with Gasteiger partial charge in [-0.25, -0.2) is 0 Å². The van der Waals surface area contributed by atoms with Crippen molar-refractivity contribution in [3.8, 4) is 0 Å². The maximum atomic E-state index is 10.2. The largest absolute Gasteiger partial charge is 0.463 e. The second-order valence-electron chi connectivity index (χ2n) is 2.01. The second-order valence-corrected chi connectivity index (χ2v) is 2.01. The molecule has 0 spiro atoms. The summed E-state index contributed by atoms with van der Waals surface area (Å²) in [7, 11) is 0. The lowest BCUT2D eigenvalue weighted by Crippen LogP contribution is -2.16. The van der Waals surface area contributed by atoms with Gasteiger partial charge >= 0.3 is 5.97 Å². The van der Waals surface area contributed by atoms with Gasteiger partial charge in [0, 0.05) is 6.92 Å². The van der Waals surface area contributed by atoms with Crippen LogP contribution in [0.15, 0.2) is 0 Å². The van der Waals surface area contributed by atoms with Gasteiger partial charge in [-0.3, -0.25) is 9.59 Å². The van der Waals surface area contributed by atoms with Crippen molar-refractivity contribution >= 4 is 12.4 Å². The molecule has 0 saturated carbocycles. The van der Waals surface area contributed by atoms with Gasteiger partial charge in [-0.15, -0.1) is 0 Å². The van der Waals surface area contributed by atoms with E-state index in [1.807, 2.05) is 0 Å². The SMILES string of the molecule is CC(=O)OCCOC(C)OC=O. The zero-order valence-corrected chi connectivity index (χ0v) is 7.11. The summed E-state index contributed by atoms with van der Waals surface area (Å²) < 4.78 is 13.9. The fraction of sp³-hybridized carbons (Fsp3) is 0.714. The highest BCUT2D eigenvalue weighted by Gasteiger charge is 2.00. The molecule has 0 fully saturated rings. The van der Waals surface area contributed by atoms with E-state index in [0.29, 0.717) is 6.47 Å². The smallest absolute Gasteiger partial charge is 0.302 e. The number of hydrogen-bond donors (Lipinski definition) is 0. The quantitative estimate of drug-likeness (QED) is 0.248. The predicted molar refractivity (Wildman–Crippen MR) is 39.2 cm³/mol. The number of ether oxygens (including phenoxy) is 3. The molecule has 5 heteroatoms. The van der Waals surface area contributed by atoms with Crippen molar-refractivity contribution in [3.63, 3.8) is 0 Å². The minimum Gasteiger partial charge on any atom is -0.463 e. The maximum Gasteiger partial charge on any atom is 0.302 e. The van der Waals surface area contributed by atoms with E-state index in [1.54, 1.807) is 6.92 Å². The highest BCUT2D eigenvalue weighted by molar-refractivity contribution is 5.65. The fourth-order valence-corrected chi connectivity index (χ4v) is 0.517. The molecule has 70 valence electrons. The van der Waals surface area contributed by atoms with Gasteiger partial charge in [-0.1, -0.05) is 0 Å². The first-order valence-corrected chi connectivity index (χ1v) is 3.51. The van der Waals surface area contributed by atoms with E-state index in [0.717, 1.165) is 0 Å². The van der Waals surface area contributed by atoms with Gasteiger partial charge in [-0.05, 0) is 6.92 Å². The molecule has 12 heavy (non-hydrogen) atoms. The molecule has 1 atom stereocenters. The first kappa shape index (κ1) is 10.9. The van der Waals surface area contributed by atoms with Crippen LogP contribution in [-0.2, 0) is 23.8 Å². The molecular weight excluding hydrogens is 164 g/mol. The average molecular weight is 176 g/mol. The van der Waals surface area contributed by atoms with Gasteiger partial charge in [-0.2, -0.15) is 0 Å². The Labute approximate surface area is 70.6 Å². The van der Waals surface area contributed by atoms with Crippen LogP contribution in [-0.4, -0.2) is 31.9 Å². The van der Waals surface area contributed by atoms with Crippen molar-refractivity contribution in [2.75, 3.05) is 13.2 Å². The van der Waals surface area contributed by atoms with Crippen molar-refractivity contribution in [2.24, 2.45) is 0 Å². The van der Waals surface area contributed by atoms with E-state index in [1.165, 1.54) is 6.92 Å². The summed E-state index contributed by atoms with van der Waals surface area (Å²) in [5.41, 5.74) is 0. The summed E-state index contributed by atoms with van der Waals surface area (Å²) in [4.78, 5) is 20.0. The molecule has 0 aromatic rings. The molecule has 0 aliphatic heterocycles. The third-order valence-corrected chi connectivity index (χ3v) is 0.988. The summed E-state index contributed by atoms with van der Waals surface area (Å²) in [5.74, 6) is -0.359. The summed E-state index contributed by atoms with van der Waals surface area (Å²) in [5, 5.41) is 0. The Balaban J connectivity index is 3.18. The zero-order chi connectivity index (χ0) is 9.40. The number of hydrogen-bond acceptors (Lipinski definition) is 5. The van der Waals surface area contributed by atoms with Gasteiger partial charge in [0.05, 0.1) is 6.61 Å². The topological polar surface area (TPSA) is 61.8 Å². The highest BCUT2D eigenvalue weighted by atomic mass is 16.7. The van der Waals surface area contributed by atoms with Crippen LogP contribution in [0, 0.1) is 0 Å². The monoisotopic (exact) mass is 176 g/mol. The van der Waals surface area contributed by atoms with Crippen LogP contribution in [0.2, 0.25) is 0 Å². The van der Waals surface area contributed by atoms with Gasteiger partial charge in [0.2, 0.25) is 0 Å². The van der Waals surface area contributed by atoms with Crippen molar-refractivity contribution in [1.82, 2.24) is 0 Å². The van der Waals surface area contributed by atoms with Crippen LogP contribution in [0.25, 0.3) is 0 Å². The lowest BCUT2D eigenvalue weighted by Gasteiger charge is -2.09. The van der Waals surface area contributed by atoms with Crippen LogP contribution in [0.3, 0.4) is 0 Å². The molecule has 0 bridgehead atoms. The highest BCUT2D eigenvalue weighted by Crippen LogP contribution is 1.90. The Bertz CT molecular complexity index is 145. The van der Waals surface area contributed by atoms with Gasteiger partial charge in [0.1, 0.15) is 6.61 Å². The van der Waals surface area contributed by atoms with Crippen LogP contribution < -0.4 is 0 Å². The number of carbonyl (C=O) groups excluding carboxylic acids is 2. The molecule has 0 aromatic carbocycles. The summed E-state index contributed by atoms with van der Waals surface area (Å²) >= 11 is 0. The minimum atomic E-state index is -0.599. The van der Waals surface area contributed by atoms with Gasteiger partial charge < -0.3 is 14.2 Å². The van der Waals surface area contributed by atoms with E-state index in [2.05, 4.69) is 9.47 Å². The van der Waals surface area contributed by atoms with Crippen LogP contribution in [0.1, 0.15) is 13.8 Å². The van der Waals surface area contributed by atoms with Crippen LogP contribution in [0.5, 0.6) is 0 Å². The molecule has 1 unspecified atom stereocenters. The van der Waals surface area contributed by atoms with E-state index in [9.17, 15) is 9.59 Å². The Morgan fingerprint density at radius 1 is 1.50 bits per heavy atom. The molecule has 5 nitrogen and oxygen atoms in total. The minimum absolute atomic E-state index is 0.169. The van der Waals surface area contributed by atoms with E-state index in [4.69, 9.17) is 4.74 Å². The van der Waals surface area contributed by atoms with E-state index < -0.39 is 6.29 Å². The summed E-state index contributed by atoms with van der Waals surface area (Å²) in [6, 6.07) is 0. The number of rotatable bonds is 6. The molecule has 0 radical (unpaired) electrons. The van der Waals surface area contributed by atoms with E-state index >= 15 is 0 Å². The lowest BCUT2D eigenvalue weighted by atomic mass is 10.7.